The van der Waals surface area contributed by atoms with Crippen LogP contribution in [0.5, 0.6) is 11.5 Å². The standard InChI is InChI=1S/C19H18N2O2/c1-3-14(2)19(15-8-10-16(11-9-15)22-12-20)17-6-4-5-7-18(17)23-13-21/h4-11,14,19H,3H2,1-2H3. The van der Waals surface area contributed by atoms with E-state index in [0.717, 1.165) is 17.5 Å². The van der Waals surface area contributed by atoms with E-state index in [1.807, 2.05) is 30.3 Å². The fraction of sp³-hybridized carbons (Fsp3) is 0.263. The quantitative estimate of drug-likeness (QED) is 0.732. The van der Waals surface area contributed by atoms with Gasteiger partial charge in [-0.25, -0.2) is 0 Å². The van der Waals surface area contributed by atoms with Crippen LogP contribution in [0, 0.1) is 29.0 Å². The highest BCUT2D eigenvalue weighted by Crippen LogP contribution is 2.39. The zero-order valence-corrected chi connectivity index (χ0v) is 13.2. The summed E-state index contributed by atoms with van der Waals surface area (Å²) < 4.78 is 9.97. The first-order valence-electron chi connectivity index (χ1n) is 7.52. The van der Waals surface area contributed by atoms with E-state index in [0.29, 0.717) is 17.4 Å². The largest absolute Gasteiger partial charge is 0.388 e. The third-order valence-corrected chi connectivity index (χ3v) is 4.03. The molecule has 4 heteroatoms. The summed E-state index contributed by atoms with van der Waals surface area (Å²) in [5.41, 5.74) is 2.08. The van der Waals surface area contributed by atoms with Crippen molar-refractivity contribution in [1.29, 1.82) is 10.5 Å². The molecule has 2 rings (SSSR count). The Kier molecular flexibility index (Phi) is 5.61. The molecule has 0 heterocycles. The molecule has 0 fully saturated rings. The van der Waals surface area contributed by atoms with E-state index in [2.05, 4.69) is 13.8 Å². The summed E-state index contributed by atoms with van der Waals surface area (Å²) in [5, 5.41) is 17.4. The molecule has 0 bridgehead atoms. The maximum absolute atomic E-state index is 8.87. The van der Waals surface area contributed by atoms with Gasteiger partial charge in [0.15, 0.2) is 0 Å². The minimum Gasteiger partial charge on any atom is -0.388 e. The molecular formula is C19H18N2O2. The molecule has 23 heavy (non-hydrogen) atoms. The van der Waals surface area contributed by atoms with Crippen LogP contribution in [0.15, 0.2) is 48.5 Å². The van der Waals surface area contributed by atoms with E-state index in [1.54, 1.807) is 30.7 Å². The van der Waals surface area contributed by atoms with Gasteiger partial charge in [0.25, 0.3) is 12.5 Å². The molecule has 116 valence electrons. The SMILES string of the molecule is CCC(C)C(c1ccc(OC#N)cc1)c1ccccc1OC#N. The van der Waals surface area contributed by atoms with Gasteiger partial charge < -0.3 is 9.47 Å². The van der Waals surface area contributed by atoms with Crippen molar-refractivity contribution >= 4 is 0 Å². The summed E-state index contributed by atoms with van der Waals surface area (Å²) >= 11 is 0. The van der Waals surface area contributed by atoms with Crippen molar-refractivity contribution in [3.8, 4) is 24.0 Å². The van der Waals surface area contributed by atoms with Crippen molar-refractivity contribution < 1.29 is 9.47 Å². The van der Waals surface area contributed by atoms with Crippen LogP contribution in [-0.4, -0.2) is 0 Å². The number of ether oxygens (including phenoxy) is 2. The maximum Gasteiger partial charge on any atom is 0.292 e. The van der Waals surface area contributed by atoms with E-state index in [-0.39, 0.29) is 5.92 Å². The number of hydrogen-bond donors (Lipinski definition) is 0. The Morgan fingerprint density at radius 1 is 0.957 bits per heavy atom. The number of benzene rings is 2. The third-order valence-electron chi connectivity index (χ3n) is 4.03. The number of nitrogens with zero attached hydrogens (tertiary/aromatic N) is 2. The first-order chi connectivity index (χ1) is 11.2. The molecule has 4 nitrogen and oxygen atoms in total. The predicted molar refractivity (Wildman–Crippen MR) is 86.7 cm³/mol. The van der Waals surface area contributed by atoms with Crippen molar-refractivity contribution in [3.63, 3.8) is 0 Å². The van der Waals surface area contributed by atoms with Gasteiger partial charge in [-0.15, -0.1) is 10.5 Å². The summed E-state index contributed by atoms with van der Waals surface area (Å²) in [6, 6.07) is 15.1. The maximum atomic E-state index is 8.87. The highest BCUT2D eigenvalue weighted by molar-refractivity contribution is 5.44. The number of hydrogen-bond acceptors (Lipinski definition) is 4. The lowest BCUT2D eigenvalue weighted by Gasteiger charge is -2.25. The normalized spacial score (nSPS) is 12.5. The number of nitriles is 2. The minimum absolute atomic E-state index is 0.0979. The van der Waals surface area contributed by atoms with E-state index >= 15 is 0 Å². The molecule has 2 aromatic rings. The van der Waals surface area contributed by atoms with Crippen molar-refractivity contribution in [2.75, 3.05) is 0 Å². The molecular weight excluding hydrogens is 288 g/mol. The smallest absolute Gasteiger partial charge is 0.292 e. The van der Waals surface area contributed by atoms with Gasteiger partial charge in [0.1, 0.15) is 11.5 Å². The Balaban J connectivity index is 2.46. The summed E-state index contributed by atoms with van der Waals surface area (Å²) in [6.45, 7) is 4.31. The summed E-state index contributed by atoms with van der Waals surface area (Å²) in [7, 11) is 0. The Labute approximate surface area is 136 Å². The topological polar surface area (TPSA) is 66.0 Å². The monoisotopic (exact) mass is 306 g/mol. The van der Waals surface area contributed by atoms with Crippen LogP contribution in [0.4, 0.5) is 0 Å². The van der Waals surface area contributed by atoms with E-state index < -0.39 is 0 Å². The zero-order valence-electron chi connectivity index (χ0n) is 13.2. The molecule has 0 radical (unpaired) electrons. The second kappa shape index (κ2) is 7.87. The van der Waals surface area contributed by atoms with Gasteiger partial charge in [-0.3, -0.25) is 0 Å². The minimum atomic E-state index is 0.0979. The molecule has 0 saturated carbocycles. The molecule has 0 aromatic heterocycles. The number of rotatable bonds is 6. The summed E-state index contributed by atoms with van der Waals surface area (Å²) in [6.07, 6.45) is 4.41. The van der Waals surface area contributed by atoms with Crippen molar-refractivity contribution in [1.82, 2.24) is 0 Å². The van der Waals surface area contributed by atoms with Crippen LogP contribution >= 0.6 is 0 Å². The first-order valence-corrected chi connectivity index (χ1v) is 7.52. The fourth-order valence-electron chi connectivity index (χ4n) is 2.73. The van der Waals surface area contributed by atoms with Crippen LogP contribution < -0.4 is 9.47 Å². The van der Waals surface area contributed by atoms with Crippen LogP contribution in [-0.2, 0) is 0 Å². The number of para-hydroxylation sites is 1. The predicted octanol–water partition coefficient (Wildman–Crippen LogP) is 4.58. The Hall–Kier alpha value is -2.98. The molecule has 0 saturated heterocycles. The van der Waals surface area contributed by atoms with E-state index in [1.165, 1.54) is 0 Å². The van der Waals surface area contributed by atoms with Gasteiger partial charge in [0, 0.05) is 11.5 Å². The average molecular weight is 306 g/mol. The van der Waals surface area contributed by atoms with Gasteiger partial charge >= 0.3 is 0 Å². The lowest BCUT2D eigenvalue weighted by molar-refractivity contribution is 0.458. The highest BCUT2D eigenvalue weighted by Gasteiger charge is 2.23. The highest BCUT2D eigenvalue weighted by atomic mass is 16.5. The van der Waals surface area contributed by atoms with Crippen molar-refractivity contribution in [3.05, 3.63) is 59.7 Å². The van der Waals surface area contributed by atoms with Crippen LogP contribution in [0.3, 0.4) is 0 Å². The van der Waals surface area contributed by atoms with Crippen molar-refractivity contribution in [2.45, 2.75) is 26.2 Å². The average Bonchev–Trinajstić information content (AvgIpc) is 2.58. The molecule has 2 atom stereocenters. The van der Waals surface area contributed by atoms with Gasteiger partial charge in [-0.05, 0) is 29.7 Å². The van der Waals surface area contributed by atoms with Gasteiger partial charge in [-0.1, -0.05) is 50.6 Å². The van der Waals surface area contributed by atoms with Crippen LogP contribution in [0.2, 0.25) is 0 Å². The fourth-order valence-corrected chi connectivity index (χ4v) is 2.73. The Morgan fingerprint density at radius 3 is 2.22 bits per heavy atom. The first kappa shape index (κ1) is 16.4. The zero-order chi connectivity index (χ0) is 16.7. The molecule has 0 N–H and O–H groups in total. The molecule has 2 aromatic carbocycles. The molecule has 0 amide bonds. The summed E-state index contributed by atoms with van der Waals surface area (Å²) in [5.74, 6) is 1.56. The van der Waals surface area contributed by atoms with Gasteiger partial charge in [0.05, 0.1) is 0 Å². The van der Waals surface area contributed by atoms with Gasteiger partial charge in [0.2, 0.25) is 0 Å². The van der Waals surface area contributed by atoms with Crippen LogP contribution in [0.1, 0.15) is 37.3 Å². The second-order valence-electron chi connectivity index (χ2n) is 5.36. The van der Waals surface area contributed by atoms with E-state index in [9.17, 15) is 0 Å². The van der Waals surface area contributed by atoms with Crippen LogP contribution in [0.25, 0.3) is 0 Å². The molecule has 0 aliphatic heterocycles. The molecule has 0 aliphatic rings. The molecule has 2 unspecified atom stereocenters. The third kappa shape index (κ3) is 3.81. The lowest BCUT2D eigenvalue weighted by atomic mass is 9.80. The van der Waals surface area contributed by atoms with Crippen molar-refractivity contribution in [2.24, 2.45) is 5.92 Å². The lowest BCUT2D eigenvalue weighted by Crippen LogP contribution is -2.12. The molecule has 0 spiro atoms. The summed E-state index contributed by atoms with van der Waals surface area (Å²) in [4.78, 5) is 0. The Morgan fingerprint density at radius 2 is 1.61 bits per heavy atom. The Bertz CT molecular complexity index is 726. The second-order valence-corrected chi connectivity index (χ2v) is 5.36. The van der Waals surface area contributed by atoms with Gasteiger partial charge in [-0.2, -0.15) is 0 Å². The van der Waals surface area contributed by atoms with E-state index in [4.69, 9.17) is 20.0 Å². The molecule has 0 aliphatic carbocycles.